The Morgan fingerprint density at radius 2 is 1.70 bits per heavy atom. The number of hydrogen-bond acceptors (Lipinski definition) is 1. The van der Waals surface area contributed by atoms with E-state index >= 15 is 0 Å². The summed E-state index contributed by atoms with van der Waals surface area (Å²) < 4.78 is 1.38. The van der Waals surface area contributed by atoms with Crippen LogP contribution in [-0.4, -0.2) is 36.4 Å². The first-order valence-electron chi connectivity index (χ1n) is 11.4. The Hall–Kier alpha value is 0.1000. The maximum Gasteiger partial charge on any atom is 0.155 e. The summed E-state index contributed by atoms with van der Waals surface area (Å²) in [7, 11) is 2.58. The van der Waals surface area contributed by atoms with E-state index in [-0.39, 0.29) is 24.0 Å². The highest BCUT2D eigenvalue weighted by Crippen LogP contribution is 2.66. The number of halogens is 1. The number of nitrogens with zero attached hydrogens (tertiary/aromatic N) is 1. The lowest BCUT2D eigenvalue weighted by molar-refractivity contribution is -0.928. The van der Waals surface area contributed by atoms with Crippen LogP contribution in [0.25, 0.3) is 0 Å². The Kier molecular flexibility index (Phi) is 5.15. The van der Waals surface area contributed by atoms with Gasteiger partial charge in [0.15, 0.2) is 5.78 Å². The molecule has 5 rings (SSSR count). The van der Waals surface area contributed by atoms with Crippen molar-refractivity contribution in [3.05, 3.63) is 11.6 Å². The highest BCUT2D eigenvalue weighted by molar-refractivity contribution is 5.91. The van der Waals surface area contributed by atoms with Gasteiger partial charge in [-0.2, -0.15) is 0 Å². The maximum atomic E-state index is 12.0. The topological polar surface area (TPSA) is 17.1 Å². The van der Waals surface area contributed by atoms with E-state index < -0.39 is 0 Å². The zero-order valence-corrected chi connectivity index (χ0v) is 19.8. The van der Waals surface area contributed by atoms with E-state index in [0.717, 1.165) is 36.6 Å². The SMILES string of the molecule is C[C@]12CCC(=O)C=C1CCC1C2CC[C@@]2(C)C1CC[C@@H]2[N+]1(C)CCCC1.[I-]. The van der Waals surface area contributed by atoms with Crippen molar-refractivity contribution < 1.29 is 33.3 Å². The van der Waals surface area contributed by atoms with Gasteiger partial charge in [0.25, 0.3) is 0 Å². The fourth-order valence-electron chi connectivity index (χ4n) is 8.92. The summed E-state index contributed by atoms with van der Waals surface area (Å²) in [5.41, 5.74) is 2.43. The molecule has 2 nitrogen and oxygen atoms in total. The van der Waals surface area contributed by atoms with Crippen molar-refractivity contribution in [2.24, 2.45) is 28.6 Å². The predicted octanol–water partition coefficient (Wildman–Crippen LogP) is 2.13. The molecule has 152 valence electrons. The molecule has 0 N–H and O–H groups in total. The van der Waals surface area contributed by atoms with Gasteiger partial charge in [-0.25, -0.2) is 0 Å². The summed E-state index contributed by atoms with van der Waals surface area (Å²) in [4.78, 5) is 12.0. The second-order valence-corrected chi connectivity index (χ2v) is 11.2. The van der Waals surface area contributed by atoms with Crippen molar-refractivity contribution in [2.45, 2.75) is 84.1 Å². The first-order valence-corrected chi connectivity index (χ1v) is 11.4. The van der Waals surface area contributed by atoms with Crippen molar-refractivity contribution in [3.63, 3.8) is 0 Å². The van der Waals surface area contributed by atoms with E-state index in [1.165, 1.54) is 74.5 Å². The highest BCUT2D eigenvalue weighted by Gasteiger charge is 2.62. The minimum atomic E-state index is 0. The van der Waals surface area contributed by atoms with E-state index in [0.29, 0.717) is 16.6 Å². The van der Waals surface area contributed by atoms with Gasteiger partial charge in [0.1, 0.15) is 0 Å². The minimum Gasteiger partial charge on any atom is -1.00 e. The van der Waals surface area contributed by atoms with Gasteiger partial charge >= 0.3 is 0 Å². The quantitative estimate of drug-likeness (QED) is 0.413. The fraction of sp³-hybridized carbons (Fsp3) is 0.875. The van der Waals surface area contributed by atoms with Crippen molar-refractivity contribution in [2.75, 3.05) is 20.1 Å². The molecule has 1 aliphatic heterocycles. The third-order valence-corrected chi connectivity index (χ3v) is 10.3. The third kappa shape index (κ3) is 2.84. The molecule has 0 aromatic heterocycles. The predicted molar refractivity (Wildman–Crippen MR) is 106 cm³/mol. The van der Waals surface area contributed by atoms with Gasteiger partial charge in [-0.15, -0.1) is 0 Å². The normalized spacial score (nSPS) is 48.1. The Morgan fingerprint density at radius 3 is 2.44 bits per heavy atom. The summed E-state index contributed by atoms with van der Waals surface area (Å²) >= 11 is 0. The average molecular weight is 483 g/mol. The number of carbonyl (C=O) groups excluding carboxylic acids is 1. The molecule has 4 fully saturated rings. The smallest absolute Gasteiger partial charge is 0.155 e. The number of allylic oxidation sites excluding steroid dienone is 1. The lowest BCUT2D eigenvalue weighted by atomic mass is 9.47. The van der Waals surface area contributed by atoms with Crippen LogP contribution in [0.15, 0.2) is 11.6 Å². The van der Waals surface area contributed by atoms with Crippen LogP contribution in [0.5, 0.6) is 0 Å². The van der Waals surface area contributed by atoms with E-state index in [4.69, 9.17) is 0 Å². The van der Waals surface area contributed by atoms with Crippen LogP contribution >= 0.6 is 0 Å². The molecule has 27 heavy (non-hydrogen) atoms. The molecule has 1 heterocycles. The van der Waals surface area contributed by atoms with Crippen molar-refractivity contribution in [1.29, 1.82) is 0 Å². The minimum absolute atomic E-state index is 0. The van der Waals surface area contributed by atoms with Crippen molar-refractivity contribution >= 4 is 5.78 Å². The van der Waals surface area contributed by atoms with Crippen LogP contribution in [0.4, 0.5) is 0 Å². The number of hydrogen-bond donors (Lipinski definition) is 0. The fourth-order valence-corrected chi connectivity index (χ4v) is 8.92. The lowest BCUT2D eigenvalue weighted by Crippen LogP contribution is -3.00. The van der Waals surface area contributed by atoms with E-state index in [1.54, 1.807) is 0 Å². The van der Waals surface area contributed by atoms with Crippen LogP contribution in [-0.2, 0) is 4.79 Å². The molecule has 3 heteroatoms. The van der Waals surface area contributed by atoms with Gasteiger partial charge < -0.3 is 28.5 Å². The van der Waals surface area contributed by atoms with Crippen LogP contribution in [0.1, 0.15) is 78.1 Å². The molecule has 6 atom stereocenters. The molecule has 4 aliphatic carbocycles. The van der Waals surface area contributed by atoms with Crippen LogP contribution in [0.2, 0.25) is 0 Å². The van der Waals surface area contributed by atoms with Gasteiger partial charge in [-0.1, -0.05) is 19.4 Å². The first kappa shape index (κ1) is 20.4. The third-order valence-electron chi connectivity index (χ3n) is 10.3. The summed E-state index contributed by atoms with van der Waals surface area (Å²) in [5, 5.41) is 0. The van der Waals surface area contributed by atoms with Gasteiger partial charge in [0.05, 0.1) is 26.2 Å². The standard InChI is InChI=1S/C24H38NO.HI/c1-23-12-10-18(26)16-17(23)6-7-19-20-8-9-22(25(3)14-4-5-15-25)24(20,2)13-11-21(19)23;/h16,19-22H,4-15H2,1-3H3;1H/q+1;/p-1/t19?,20?,21?,22-,23-,24-;/m0./s1. The van der Waals surface area contributed by atoms with Crippen molar-refractivity contribution in [3.8, 4) is 0 Å². The molecule has 0 aromatic carbocycles. The maximum absolute atomic E-state index is 12.0. The molecule has 0 radical (unpaired) electrons. The molecule has 0 bridgehead atoms. The van der Waals surface area contributed by atoms with Crippen molar-refractivity contribution in [1.82, 2.24) is 0 Å². The molecule has 0 spiro atoms. The Bertz CT molecular complexity index is 651. The molecular formula is C24H38INO. The van der Waals surface area contributed by atoms with E-state index in [9.17, 15) is 4.79 Å². The number of ketones is 1. The summed E-state index contributed by atoms with van der Waals surface area (Å²) in [6.45, 7) is 8.05. The second-order valence-electron chi connectivity index (χ2n) is 11.2. The highest BCUT2D eigenvalue weighted by atomic mass is 127. The van der Waals surface area contributed by atoms with Gasteiger partial charge in [0.2, 0.25) is 0 Å². The molecule has 3 unspecified atom stereocenters. The summed E-state index contributed by atoms with van der Waals surface area (Å²) in [5.74, 6) is 3.10. The number of carbonyl (C=O) groups is 1. The lowest BCUT2D eigenvalue weighted by Gasteiger charge is -2.58. The van der Waals surface area contributed by atoms with Gasteiger partial charge in [0, 0.05) is 31.1 Å². The molecule has 1 saturated heterocycles. The monoisotopic (exact) mass is 483 g/mol. The second kappa shape index (κ2) is 6.82. The molecule has 0 aromatic rings. The molecular weight excluding hydrogens is 445 g/mol. The number of quaternary nitrogens is 1. The summed E-state index contributed by atoms with van der Waals surface area (Å²) in [6, 6.07) is 0.911. The molecule has 0 amide bonds. The number of fused-ring (bicyclic) bond motifs is 5. The zero-order valence-electron chi connectivity index (χ0n) is 17.6. The van der Waals surface area contributed by atoms with Crippen LogP contribution in [0.3, 0.4) is 0 Å². The van der Waals surface area contributed by atoms with Gasteiger partial charge in [-0.05, 0) is 67.8 Å². The van der Waals surface area contributed by atoms with Gasteiger partial charge in [-0.3, -0.25) is 4.79 Å². The van der Waals surface area contributed by atoms with E-state index in [1.807, 2.05) is 0 Å². The Balaban J connectivity index is 0.00000180. The number of rotatable bonds is 1. The Morgan fingerprint density at radius 1 is 0.963 bits per heavy atom. The van der Waals surface area contributed by atoms with E-state index in [2.05, 4.69) is 27.0 Å². The van der Waals surface area contributed by atoms with Crippen LogP contribution in [0, 0.1) is 28.6 Å². The zero-order chi connectivity index (χ0) is 18.2. The molecule has 3 saturated carbocycles. The Labute approximate surface area is 183 Å². The number of likely N-dealkylation sites (tertiary alicyclic amines) is 1. The first-order chi connectivity index (χ1) is 12.4. The molecule has 5 aliphatic rings. The van der Waals surface area contributed by atoms with Crippen LogP contribution < -0.4 is 24.0 Å². The summed E-state index contributed by atoms with van der Waals surface area (Å²) in [6.07, 6.45) is 15.2. The average Bonchev–Trinajstić information content (AvgIpc) is 3.19. The largest absolute Gasteiger partial charge is 1.00 e.